The van der Waals surface area contributed by atoms with Crippen molar-refractivity contribution in [1.29, 1.82) is 0 Å². The second kappa shape index (κ2) is 7.41. The molecule has 0 atom stereocenters. The lowest BCUT2D eigenvalue weighted by Crippen LogP contribution is -2.44. The summed E-state index contributed by atoms with van der Waals surface area (Å²) in [6.45, 7) is 3.22. The Kier molecular flexibility index (Phi) is 4.82. The summed E-state index contributed by atoms with van der Waals surface area (Å²) in [5.74, 6) is 1.28. The van der Waals surface area contributed by atoms with Crippen LogP contribution in [0.25, 0.3) is 10.9 Å². The van der Waals surface area contributed by atoms with Crippen LogP contribution >= 0.6 is 11.5 Å². The van der Waals surface area contributed by atoms with Gasteiger partial charge in [0.2, 0.25) is 11.7 Å². The van der Waals surface area contributed by atoms with Crippen LogP contribution in [0.15, 0.2) is 17.5 Å². The van der Waals surface area contributed by atoms with Gasteiger partial charge in [0.1, 0.15) is 11.4 Å². The molecule has 1 aliphatic heterocycles. The standard InChI is InChI=1S/C17H18N6O3S/c1-25-13-7-10-11(8-14(13)26-2)19-17(23-5-3-18-4-6-23)20-15(10)16(24)12-9-27-22-21-12/h7-9,18H,3-6H2,1-2H3. The maximum absolute atomic E-state index is 13.0. The number of benzene rings is 1. The van der Waals surface area contributed by atoms with Crippen molar-refractivity contribution in [3.63, 3.8) is 0 Å². The van der Waals surface area contributed by atoms with Crippen molar-refractivity contribution in [2.45, 2.75) is 0 Å². The fraction of sp³-hybridized carbons (Fsp3) is 0.353. The van der Waals surface area contributed by atoms with E-state index in [-0.39, 0.29) is 17.2 Å². The first-order valence-electron chi connectivity index (χ1n) is 8.42. The number of anilines is 1. The average molecular weight is 386 g/mol. The summed E-state index contributed by atoms with van der Waals surface area (Å²) in [5.41, 5.74) is 1.16. The van der Waals surface area contributed by atoms with Crippen molar-refractivity contribution >= 4 is 34.2 Å². The second-order valence-electron chi connectivity index (χ2n) is 5.95. The molecule has 4 rings (SSSR count). The quantitative estimate of drug-likeness (QED) is 0.647. The molecular formula is C17H18N6O3S. The van der Waals surface area contributed by atoms with Gasteiger partial charge in [-0.25, -0.2) is 9.97 Å². The highest BCUT2D eigenvalue weighted by Gasteiger charge is 2.23. The van der Waals surface area contributed by atoms with Crippen LogP contribution in [0.5, 0.6) is 11.5 Å². The SMILES string of the molecule is COc1cc2nc(N3CCNCC3)nc(C(=O)c3csnn3)c2cc1OC. The minimum Gasteiger partial charge on any atom is -0.493 e. The van der Waals surface area contributed by atoms with Gasteiger partial charge in [-0.05, 0) is 17.6 Å². The van der Waals surface area contributed by atoms with E-state index in [2.05, 4.69) is 29.8 Å². The fourth-order valence-electron chi connectivity index (χ4n) is 3.01. The molecule has 2 aromatic heterocycles. The number of hydrogen-bond acceptors (Lipinski definition) is 10. The molecule has 10 heteroatoms. The number of aromatic nitrogens is 4. The summed E-state index contributed by atoms with van der Waals surface area (Å²) in [4.78, 5) is 24.3. The van der Waals surface area contributed by atoms with Crippen molar-refractivity contribution in [1.82, 2.24) is 24.9 Å². The van der Waals surface area contributed by atoms with Gasteiger partial charge in [-0.3, -0.25) is 4.79 Å². The first-order valence-corrected chi connectivity index (χ1v) is 9.26. The van der Waals surface area contributed by atoms with E-state index in [4.69, 9.17) is 9.47 Å². The lowest BCUT2D eigenvalue weighted by molar-refractivity contribution is 0.103. The predicted molar refractivity (Wildman–Crippen MR) is 101 cm³/mol. The van der Waals surface area contributed by atoms with Crippen molar-refractivity contribution in [2.75, 3.05) is 45.3 Å². The number of nitrogens with one attached hydrogen (secondary N) is 1. The smallest absolute Gasteiger partial charge is 0.233 e. The fourth-order valence-corrected chi connectivity index (χ4v) is 3.44. The highest BCUT2D eigenvalue weighted by Crippen LogP contribution is 2.34. The molecule has 0 spiro atoms. The molecule has 1 fully saturated rings. The molecule has 0 bridgehead atoms. The van der Waals surface area contributed by atoms with E-state index in [1.54, 1.807) is 31.7 Å². The first-order chi connectivity index (χ1) is 13.2. The molecular weight excluding hydrogens is 368 g/mol. The number of ether oxygens (including phenoxy) is 2. The number of ketones is 1. The molecule has 140 valence electrons. The molecule has 3 heterocycles. The maximum Gasteiger partial charge on any atom is 0.233 e. The molecule has 1 aliphatic rings. The molecule has 0 saturated carbocycles. The number of hydrogen-bond donors (Lipinski definition) is 1. The summed E-state index contributed by atoms with van der Waals surface area (Å²) >= 11 is 1.13. The number of piperazine rings is 1. The molecule has 1 aromatic carbocycles. The van der Waals surface area contributed by atoms with Crippen LogP contribution < -0.4 is 19.7 Å². The number of rotatable bonds is 5. The van der Waals surface area contributed by atoms with Gasteiger partial charge in [-0.2, -0.15) is 0 Å². The minimum atomic E-state index is -0.292. The van der Waals surface area contributed by atoms with Crippen LogP contribution in [0.3, 0.4) is 0 Å². The third-order valence-corrected chi connectivity index (χ3v) is 4.90. The second-order valence-corrected chi connectivity index (χ2v) is 6.56. The summed E-state index contributed by atoms with van der Waals surface area (Å²) in [6.07, 6.45) is 0. The Morgan fingerprint density at radius 3 is 2.56 bits per heavy atom. The highest BCUT2D eigenvalue weighted by molar-refractivity contribution is 7.03. The molecule has 9 nitrogen and oxygen atoms in total. The van der Waals surface area contributed by atoms with Gasteiger partial charge in [-0.1, -0.05) is 4.49 Å². The molecule has 0 radical (unpaired) electrons. The summed E-state index contributed by atoms with van der Waals surface area (Å²) in [6, 6.07) is 3.49. The van der Waals surface area contributed by atoms with Crippen LogP contribution in [0.1, 0.15) is 16.2 Å². The van der Waals surface area contributed by atoms with Crippen LogP contribution in [0, 0.1) is 0 Å². The normalized spacial score (nSPS) is 14.4. The van der Waals surface area contributed by atoms with E-state index in [0.717, 1.165) is 37.7 Å². The van der Waals surface area contributed by atoms with Crippen molar-refractivity contribution in [3.8, 4) is 11.5 Å². The highest BCUT2D eigenvalue weighted by atomic mass is 32.1. The number of methoxy groups -OCH3 is 2. The number of carbonyl (C=O) groups is 1. The zero-order chi connectivity index (χ0) is 18.8. The van der Waals surface area contributed by atoms with Crippen LogP contribution in [0.2, 0.25) is 0 Å². The van der Waals surface area contributed by atoms with E-state index >= 15 is 0 Å². The van der Waals surface area contributed by atoms with Gasteiger partial charge >= 0.3 is 0 Å². The third kappa shape index (κ3) is 3.28. The van der Waals surface area contributed by atoms with Crippen LogP contribution in [0.4, 0.5) is 5.95 Å². The van der Waals surface area contributed by atoms with Crippen molar-refractivity contribution < 1.29 is 14.3 Å². The zero-order valence-electron chi connectivity index (χ0n) is 14.9. The molecule has 0 unspecified atom stereocenters. The predicted octanol–water partition coefficient (Wildman–Crippen LogP) is 1.14. The monoisotopic (exact) mass is 386 g/mol. The van der Waals surface area contributed by atoms with E-state index in [9.17, 15) is 4.79 Å². The van der Waals surface area contributed by atoms with Crippen molar-refractivity contribution in [2.24, 2.45) is 0 Å². The Morgan fingerprint density at radius 2 is 1.89 bits per heavy atom. The molecule has 3 aromatic rings. The Balaban J connectivity index is 1.92. The summed E-state index contributed by atoms with van der Waals surface area (Å²) < 4.78 is 14.6. The Hall–Kier alpha value is -2.85. The van der Waals surface area contributed by atoms with Crippen molar-refractivity contribution in [3.05, 3.63) is 28.9 Å². The molecule has 1 N–H and O–H groups in total. The van der Waals surface area contributed by atoms with Gasteiger partial charge in [0.05, 0.1) is 19.7 Å². The number of nitrogens with zero attached hydrogens (tertiary/aromatic N) is 5. The Bertz CT molecular complexity index is 972. The average Bonchev–Trinajstić information content (AvgIpc) is 3.26. The van der Waals surface area contributed by atoms with Gasteiger partial charge in [0.25, 0.3) is 0 Å². The Labute approximate surface area is 159 Å². The first kappa shape index (κ1) is 17.6. The maximum atomic E-state index is 13.0. The number of carbonyl (C=O) groups excluding carboxylic acids is 1. The van der Waals surface area contributed by atoms with E-state index in [1.165, 1.54) is 0 Å². The molecule has 1 saturated heterocycles. The lowest BCUT2D eigenvalue weighted by Gasteiger charge is -2.27. The summed E-state index contributed by atoms with van der Waals surface area (Å²) in [7, 11) is 3.11. The molecule has 0 amide bonds. The molecule has 27 heavy (non-hydrogen) atoms. The van der Waals surface area contributed by atoms with E-state index in [1.807, 2.05) is 0 Å². The Morgan fingerprint density at radius 1 is 1.15 bits per heavy atom. The van der Waals surface area contributed by atoms with Gasteiger partial charge < -0.3 is 19.7 Å². The third-order valence-electron chi connectivity index (χ3n) is 4.40. The van der Waals surface area contributed by atoms with Gasteiger partial charge in [0, 0.05) is 43.0 Å². The lowest BCUT2D eigenvalue weighted by atomic mass is 10.1. The van der Waals surface area contributed by atoms with E-state index < -0.39 is 0 Å². The summed E-state index contributed by atoms with van der Waals surface area (Å²) in [5, 5.41) is 9.39. The van der Waals surface area contributed by atoms with E-state index in [0.29, 0.717) is 28.4 Å². The van der Waals surface area contributed by atoms with Crippen LogP contribution in [-0.2, 0) is 0 Å². The topological polar surface area (TPSA) is 102 Å². The van der Waals surface area contributed by atoms with Gasteiger partial charge in [-0.15, -0.1) is 5.10 Å². The largest absolute Gasteiger partial charge is 0.493 e. The number of fused-ring (bicyclic) bond motifs is 1. The molecule has 0 aliphatic carbocycles. The zero-order valence-corrected chi connectivity index (χ0v) is 15.7. The minimum absolute atomic E-state index is 0.265. The van der Waals surface area contributed by atoms with Gasteiger partial charge in [0.15, 0.2) is 11.5 Å². The van der Waals surface area contributed by atoms with Crippen LogP contribution in [-0.4, -0.2) is 65.7 Å².